The van der Waals surface area contributed by atoms with E-state index in [1.54, 1.807) is 0 Å². The van der Waals surface area contributed by atoms with Gasteiger partial charge < -0.3 is 11.1 Å². The van der Waals surface area contributed by atoms with Crippen molar-refractivity contribution in [2.75, 3.05) is 0 Å². The van der Waals surface area contributed by atoms with Gasteiger partial charge in [0.25, 0.3) is 0 Å². The van der Waals surface area contributed by atoms with Gasteiger partial charge in [-0.05, 0) is 18.8 Å². The van der Waals surface area contributed by atoms with Crippen LogP contribution in [0.3, 0.4) is 0 Å². The first kappa shape index (κ1) is 11.5. The van der Waals surface area contributed by atoms with Crippen LogP contribution in [0, 0.1) is 5.92 Å². The molecule has 1 atom stereocenters. The van der Waals surface area contributed by atoms with Crippen molar-refractivity contribution >= 4 is 5.91 Å². The van der Waals surface area contributed by atoms with E-state index in [1.165, 1.54) is 19.3 Å². The molecule has 0 spiro atoms. The maximum absolute atomic E-state index is 11.3. The van der Waals surface area contributed by atoms with Crippen molar-refractivity contribution in [2.45, 2.75) is 58.0 Å². The number of primary amides is 1. The van der Waals surface area contributed by atoms with Gasteiger partial charge in [0.1, 0.15) is 0 Å². The molecule has 1 saturated carbocycles. The van der Waals surface area contributed by atoms with Crippen LogP contribution >= 0.6 is 0 Å². The van der Waals surface area contributed by atoms with Crippen LogP contribution in [-0.2, 0) is 4.79 Å². The first-order valence-electron chi connectivity index (χ1n) is 5.66. The topological polar surface area (TPSA) is 55.1 Å². The van der Waals surface area contributed by atoms with Gasteiger partial charge in [0.2, 0.25) is 5.91 Å². The standard InChI is InChI=1S/C11H22N2O/c1-8(2)13-10(11(12)14)9-6-4-3-5-7-9/h8-10,13H,3-7H2,1-2H3,(H2,12,14). The zero-order valence-electron chi connectivity index (χ0n) is 9.25. The van der Waals surface area contributed by atoms with Crippen LogP contribution in [-0.4, -0.2) is 18.0 Å². The Kier molecular flexibility index (Phi) is 4.39. The summed E-state index contributed by atoms with van der Waals surface area (Å²) < 4.78 is 0. The Labute approximate surface area is 86.4 Å². The molecule has 3 nitrogen and oxygen atoms in total. The smallest absolute Gasteiger partial charge is 0.234 e. The number of carbonyl (C=O) groups is 1. The molecule has 0 aromatic heterocycles. The summed E-state index contributed by atoms with van der Waals surface area (Å²) in [6.45, 7) is 4.11. The Morgan fingerprint density at radius 1 is 1.29 bits per heavy atom. The van der Waals surface area contributed by atoms with E-state index in [0.717, 1.165) is 12.8 Å². The zero-order valence-corrected chi connectivity index (χ0v) is 9.25. The maximum atomic E-state index is 11.3. The maximum Gasteiger partial charge on any atom is 0.234 e. The molecule has 3 N–H and O–H groups in total. The van der Waals surface area contributed by atoms with E-state index in [-0.39, 0.29) is 11.9 Å². The Balaban J connectivity index is 2.51. The van der Waals surface area contributed by atoms with E-state index in [4.69, 9.17) is 5.73 Å². The second-order valence-electron chi connectivity index (χ2n) is 4.60. The minimum absolute atomic E-state index is 0.115. The van der Waals surface area contributed by atoms with Gasteiger partial charge in [0.05, 0.1) is 6.04 Å². The molecular weight excluding hydrogens is 176 g/mol. The predicted molar refractivity (Wildman–Crippen MR) is 57.8 cm³/mol. The van der Waals surface area contributed by atoms with Crippen molar-refractivity contribution in [1.29, 1.82) is 0 Å². The highest BCUT2D eigenvalue weighted by Gasteiger charge is 2.27. The molecule has 0 bridgehead atoms. The quantitative estimate of drug-likeness (QED) is 0.717. The Morgan fingerprint density at radius 2 is 1.86 bits per heavy atom. The molecule has 1 rings (SSSR count). The van der Waals surface area contributed by atoms with Gasteiger partial charge in [-0.1, -0.05) is 33.1 Å². The third kappa shape index (κ3) is 3.29. The minimum Gasteiger partial charge on any atom is -0.368 e. The third-order valence-electron chi connectivity index (χ3n) is 2.94. The highest BCUT2D eigenvalue weighted by Crippen LogP contribution is 2.26. The van der Waals surface area contributed by atoms with E-state index in [0.29, 0.717) is 12.0 Å². The van der Waals surface area contributed by atoms with Gasteiger partial charge in [0.15, 0.2) is 0 Å². The summed E-state index contributed by atoms with van der Waals surface area (Å²) in [6.07, 6.45) is 6.09. The summed E-state index contributed by atoms with van der Waals surface area (Å²) in [5.41, 5.74) is 5.41. The SMILES string of the molecule is CC(C)NC(C(N)=O)C1CCCCC1. The van der Waals surface area contributed by atoms with Gasteiger partial charge in [-0.2, -0.15) is 0 Å². The summed E-state index contributed by atoms with van der Waals surface area (Å²) in [7, 11) is 0. The molecule has 0 saturated heterocycles. The molecule has 1 fully saturated rings. The van der Waals surface area contributed by atoms with Gasteiger partial charge in [-0.3, -0.25) is 4.79 Å². The lowest BCUT2D eigenvalue weighted by molar-refractivity contribution is -0.121. The van der Waals surface area contributed by atoms with E-state index >= 15 is 0 Å². The van der Waals surface area contributed by atoms with Crippen LogP contribution in [0.4, 0.5) is 0 Å². The first-order valence-corrected chi connectivity index (χ1v) is 5.66. The molecule has 1 unspecified atom stereocenters. The van der Waals surface area contributed by atoms with Crippen LogP contribution in [0.5, 0.6) is 0 Å². The predicted octanol–water partition coefficient (Wildman–Crippen LogP) is 1.42. The Hall–Kier alpha value is -0.570. The fourth-order valence-electron chi connectivity index (χ4n) is 2.28. The van der Waals surface area contributed by atoms with Gasteiger partial charge in [-0.25, -0.2) is 0 Å². The Morgan fingerprint density at radius 3 is 2.29 bits per heavy atom. The van der Waals surface area contributed by atoms with E-state index in [2.05, 4.69) is 19.2 Å². The highest BCUT2D eigenvalue weighted by molar-refractivity contribution is 5.80. The number of nitrogens with two attached hydrogens (primary N) is 1. The van der Waals surface area contributed by atoms with Crippen molar-refractivity contribution in [3.8, 4) is 0 Å². The van der Waals surface area contributed by atoms with E-state index < -0.39 is 0 Å². The molecule has 14 heavy (non-hydrogen) atoms. The summed E-state index contributed by atoms with van der Waals surface area (Å²) in [6, 6.07) is 0.213. The molecule has 0 aliphatic heterocycles. The Bertz CT molecular complexity index is 186. The lowest BCUT2D eigenvalue weighted by Gasteiger charge is -2.30. The molecule has 0 aromatic rings. The normalized spacial score (nSPS) is 21.1. The van der Waals surface area contributed by atoms with Crippen molar-refractivity contribution in [3.05, 3.63) is 0 Å². The largest absolute Gasteiger partial charge is 0.368 e. The highest BCUT2D eigenvalue weighted by atomic mass is 16.1. The van der Waals surface area contributed by atoms with Gasteiger partial charge >= 0.3 is 0 Å². The number of amides is 1. The molecule has 1 aliphatic carbocycles. The molecule has 1 aliphatic rings. The molecule has 3 heteroatoms. The number of rotatable bonds is 4. The van der Waals surface area contributed by atoms with Crippen molar-refractivity contribution in [2.24, 2.45) is 11.7 Å². The molecule has 0 heterocycles. The van der Waals surface area contributed by atoms with Crippen molar-refractivity contribution in [1.82, 2.24) is 5.32 Å². The molecular formula is C11H22N2O. The lowest BCUT2D eigenvalue weighted by Crippen LogP contribution is -2.49. The number of carbonyl (C=O) groups excluding carboxylic acids is 1. The number of hydrogen-bond acceptors (Lipinski definition) is 2. The lowest BCUT2D eigenvalue weighted by atomic mass is 9.83. The average molecular weight is 198 g/mol. The van der Waals surface area contributed by atoms with Crippen LogP contribution < -0.4 is 11.1 Å². The fourth-order valence-corrected chi connectivity index (χ4v) is 2.28. The minimum atomic E-state index is -0.189. The van der Waals surface area contributed by atoms with Crippen LogP contribution in [0.1, 0.15) is 46.0 Å². The van der Waals surface area contributed by atoms with Crippen LogP contribution in [0.25, 0.3) is 0 Å². The van der Waals surface area contributed by atoms with Crippen molar-refractivity contribution in [3.63, 3.8) is 0 Å². The van der Waals surface area contributed by atoms with Crippen molar-refractivity contribution < 1.29 is 4.79 Å². The fraction of sp³-hybridized carbons (Fsp3) is 0.909. The monoisotopic (exact) mass is 198 g/mol. The second kappa shape index (κ2) is 5.35. The number of hydrogen-bond donors (Lipinski definition) is 2. The van der Waals surface area contributed by atoms with E-state index in [1.807, 2.05) is 0 Å². The summed E-state index contributed by atoms with van der Waals surface area (Å²) >= 11 is 0. The summed E-state index contributed by atoms with van der Waals surface area (Å²) in [4.78, 5) is 11.3. The van der Waals surface area contributed by atoms with Gasteiger partial charge in [0, 0.05) is 6.04 Å². The first-order chi connectivity index (χ1) is 6.61. The van der Waals surface area contributed by atoms with E-state index in [9.17, 15) is 4.79 Å². The van der Waals surface area contributed by atoms with Gasteiger partial charge in [-0.15, -0.1) is 0 Å². The molecule has 0 aromatic carbocycles. The second-order valence-corrected chi connectivity index (χ2v) is 4.60. The molecule has 82 valence electrons. The molecule has 1 amide bonds. The third-order valence-corrected chi connectivity index (χ3v) is 2.94. The number of nitrogens with one attached hydrogen (secondary N) is 1. The summed E-state index contributed by atoms with van der Waals surface area (Å²) in [5, 5.41) is 3.27. The average Bonchev–Trinajstić information content (AvgIpc) is 2.15. The zero-order chi connectivity index (χ0) is 10.6. The molecule has 0 radical (unpaired) electrons. The van der Waals surface area contributed by atoms with Crippen LogP contribution in [0.2, 0.25) is 0 Å². The summed E-state index contributed by atoms with van der Waals surface area (Å²) in [5.74, 6) is 0.272. The van der Waals surface area contributed by atoms with Crippen LogP contribution in [0.15, 0.2) is 0 Å².